The fraction of sp³-hybridized carbons (Fsp3) is 0.333. The Labute approximate surface area is 128 Å². The molecule has 1 aromatic carbocycles. The molecule has 0 radical (unpaired) electrons. The second-order valence-electron chi connectivity index (χ2n) is 4.57. The van der Waals surface area contributed by atoms with Gasteiger partial charge >= 0.3 is 5.97 Å². The van der Waals surface area contributed by atoms with Crippen molar-refractivity contribution in [2.75, 3.05) is 26.2 Å². The molecule has 0 spiro atoms. The third-order valence-corrected chi connectivity index (χ3v) is 4.33. The van der Waals surface area contributed by atoms with E-state index in [9.17, 15) is 4.79 Å². The maximum absolute atomic E-state index is 11.6. The molecule has 0 saturated carbocycles. The molecule has 0 aliphatic carbocycles. The Balaban J connectivity index is 2.21. The number of carbonyl (C=O) groups excluding carboxylic acids is 1. The molecule has 0 unspecified atom stereocenters. The third-order valence-electron chi connectivity index (χ3n) is 3.08. The first kappa shape index (κ1) is 15.3. The molecule has 0 saturated heterocycles. The summed E-state index contributed by atoms with van der Waals surface area (Å²) >= 11 is 1.33. The van der Waals surface area contributed by atoms with Crippen LogP contribution in [0.4, 0.5) is 5.13 Å². The highest BCUT2D eigenvalue weighted by Crippen LogP contribution is 2.28. The van der Waals surface area contributed by atoms with Gasteiger partial charge in [-0.25, -0.2) is 9.78 Å². The molecule has 2 rings (SSSR count). The number of aromatic nitrogens is 1. The standard InChI is InChI=1S/C15H18N2O3S/c1-10-13(14(18)20-4)21-15(16-10)17(2)9-11-7-5-6-8-12(11)19-3/h5-8H,9H2,1-4H3. The van der Waals surface area contributed by atoms with Crippen LogP contribution in [0.5, 0.6) is 5.75 Å². The molecule has 1 heterocycles. The summed E-state index contributed by atoms with van der Waals surface area (Å²) in [6.07, 6.45) is 0. The Bertz CT molecular complexity index is 640. The third kappa shape index (κ3) is 3.33. The zero-order valence-corrected chi connectivity index (χ0v) is 13.4. The molecule has 112 valence electrons. The fourth-order valence-electron chi connectivity index (χ4n) is 1.98. The highest BCUT2D eigenvalue weighted by atomic mass is 32.1. The van der Waals surface area contributed by atoms with E-state index in [0.29, 0.717) is 17.1 Å². The zero-order chi connectivity index (χ0) is 15.4. The fourth-order valence-corrected chi connectivity index (χ4v) is 2.93. The summed E-state index contributed by atoms with van der Waals surface area (Å²) in [5, 5.41) is 0.777. The SMILES string of the molecule is COC(=O)c1sc(N(C)Cc2ccccc2OC)nc1C. The van der Waals surface area contributed by atoms with Crippen molar-refractivity contribution in [1.82, 2.24) is 4.98 Å². The van der Waals surface area contributed by atoms with Gasteiger partial charge in [-0.05, 0) is 13.0 Å². The van der Waals surface area contributed by atoms with Crippen molar-refractivity contribution in [1.29, 1.82) is 0 Å². The lowest BCUT2D eigenvalue weighted by Crippen LogP contribution is -2.16. The minimum Gasteiger partial charge on any atom is -0.496 e. The Kier molecular flexibility index (Phi) is 4.80. The molecule has 0 aliphatic rings. The summed E-state index contributed by atoms with van der Waals surface area (Å²) in [6.45, 7) is 2.46. The van der Waals surface area contributed by atoms with E-state index < -0.39 is 0 Å². The number of ether oxygens (including phenoxy) is 2. The first-order valence-electron chi connectivity index (χ1n) is 6.45. The van der Waals surface area contributed by atoms with Crippen molar-refractivity contribution in [2.45, 2.75) is 13.5 Å². The van der Waals surface area contributed by atoms with Gasteiger partial charge < -0.3 is 14.4 Å². The number of thiazole rings is 1. The van der Waals surface area contributed by atoms with Crippen LogP contribution in [-0.4, -0.2) is 32.2 Å². The maximum atomic E-state index is 11.6. The molecule has 0 N–H and O–H groups in total. The number of nitrogens with zero attached hydrogens (tertiary/aromatic N) is 2. The van der Waals surface area contributed by atoms with Crippen molar-refractivity contribution in [2.24, 2.45) is 0 Å². The van der Waals surface area contributed by atoms with Gasteiger partial charge in [0.1, 0.15) is 10.6 Å². The first-order valence-corrected chi connectivity index (χ1v) is 7.27. The molecule has 2 aromatic rings. The predicted molar refractivity (Wildman–Crippen MR) is 83.3 cm³/mol. The van der Waals surface area contributed by atoms with E-state index in [1.165, 1.54) is 18.4 Å². The van der Waals surface area contributed by atoms with Crippen LogP contribution in [0.1, 0.15) is 20.9 Å². The Morgan fingerprint density at radius 1 is 1.33 bits per heavy atom. The minimum atomic E-state index is -0.345. The van der Waals surface area contributed by atoms with E-state index in [2.05, 4.69) is 4.98 Å². The van der Waals surface area contributed by atoms with E-state index in [1.54, 1.807) is 7.11 Å². The van der Waals surface area contributed by atoms with E-state index in [1.807, 2.05) is 43.1 Å². The highest BCUT2D eigenvalue weighted by molar-refractivity contribution is 7.17. The summed E-state index contributed by atoms with van der Waals surface area (Å²) in [4.78, 5) is 18.6. The van der Waals surface area contributed by atoms with Gasteiger partial charge in [0.15, 0.2) is 5.13 Å². The maximum Gasteiger partial charge on any atom is 0.350 e. The van der Waals surface area contributed by atoms with Gasteiger partial charge in [0, 0.05) is 19.2 Å². The van der Waals surface area contributed by atoms with Crippen molar-refractivity contribution < 1.29 is 14.3 Å². The largest absolute Gasteiger partial charge is 0.496 e. The van der Waals surface area contributed by atoms with Crippen LogP contribution >= 0.6 is 11.3 Å². The molecular weight excluding hydrogens is 288 g/mol. The van der Waals surface area contributed by atoms with Crippen LogP contribution in [0.3, 0.4) is 0 Å². The number of para-hydroxylation sites is 1. The minimum absolute atomic E-state index is 0.345. The molecule has 5 nitrogen and oxygen atoms in total. The molecule has 0 atom stereocenters. The summed E-state index contributed by atoms with van der Waals surface area (Å²) in [7, 11) is 4.97. The van der Waals surface area contributed by atoms with Gasteiger partial charge in [0.25, 0.3) is 0 Å². The Morgan fingerprint density at radius 3 is 2.71 bits per heavy atom. The average molecular weight is 306 g/mol. The first-order chi connectivity index (χ1) is 10.1. The molecular formula is C15H18N2O3S. The number of carbonyl (C=O) groups is 1. The number of aryl methyl sites for hydroxylation is 1. The van der Waals surface area contributed by atoms with E-state index in [-0.39, 0.29) is 5.97 Å². The molecule has 0 aliphatic heterocycles. The normalized spacial score (nSPS) is 10.3. The smallest absolute Gasteiger partial charge is 0.350 e. The quantitative estimate of drug-likeness (QED) is 0.795. The van der Waals surface area contributed by atoms with Crippen LogP contribution in [0.15, 0.2) is 24.3 Å². The van der Waals surface area contributed by atoms with Crippen LogP contribution in [0, 0.1) is 6.92 Å². The molecule has 0 bridgehead atoms. The number of hydrogen-bond donors (Lipinski definition) is 0. The lowest BCUT2D eigenvalue weighted by Gasteiger charge is -2.17. The van der Waals surface area contributed by atoms with Crippen LogP contribution in [-0.2, 0) is 11.3 Å². The van der Waals surface area contributed by atoms with Crippen LogP contribution < -0.4 is 9.64 Å². The number of esters is 1. The van der Waals surface area contributed by atoms with Crippen molar-refractivity contribution in [3.05, 3.63) is 40.4 Å². The lowest BCUT2D eigenvalue weighted by atomic mass is 10.2. The average Bonchev–Trinajstić information content (AvgIpc) is 2.89. The van der Waals surface area contributed by atoms with Crippen LogP contribution in [0.2, 0.25) is 0 Å². The van der Waals surface area contributed by atoms with Gasteiger partial charge in [-0.1, -0.05) is 29.5 Å². The van der Waals surface area contributed by atoms with Crippen molar-refractivity contribution in [3.8, 4) is 5.75 Å². The van der Waals surface area contributed by atoms with Gasteiger partial charge in [-0.3, -0.25) is 0 Å². The summed E-state index contributed by atoms with van der Waals surface area (Å²) in [5.41, 5.74) is 1.75. The predicted octanol–water partition coefficient (Wildman–Crippen LogP) is 2.88. The summed E-state index contributed by atoms with van der Waals surface area (Å²) < 4.78 is 10.1. The van der Waals surface area contributed by atoms with Gasteiger partial charge in [-0.2, -0.15) is 0 Å². The van der Waals surface area contributed by atoms with Crippen molar-refractivity contribution >= 4 is 22.4 Å². The molecule has 21 heavy (non-hydrogen) atoms. The zero-order valence-electron chi connectivity index (χ0n) is 12.5. The number of hydrogen-bond acceptors (Lipinski definition) is 6. The van der Waals surface area contributed by atoms with Gasteiger partial charge in [-0.15, -0.1) is 0 Å². The van der Waals surface area contributed by atoms with E-state index in [0.717, 1.165) is 16.4 Å². The van der Waals surface area contributed by atoms with Gasteiger partial charge in [0.05, 0.1) is 19.9 Å². The Morgan fingerprint density at radius 2 is 2.05 bits per heavy atom. The molecule has 0 fully saturated rings. The number of methoxy groups -OCH3 is 2. The number of benzene rings is 1. The monoisotopic (exact) mass is 306 g/mol. The second kappa shape index (κ2) is 6.58. The summed E-state index contributed by atoms with van der Waals surface area (Å²) in [5.74, 6) is 0.493. The van der Waals surface area contributed by atoms with Crippen LogP contribution in [0.25, 0.3) is 0 Å². The van der Waals surface area contributed by atoms with Gasteiger partial charge in [0.2, 0.25) is 0 Å². The summed E-state index contributed by atoms with van der Waals surface area (Å²) in [6, 6.07) is 7.84. The topological polar surface area (TPSA) is 51.7 Å². The number of anilines is 1. The van der Waals surface area contributed by atoms with E-state index in [4.69, 9.17) is 9.47 Å². The van der Waals surface area contributed by atoms with Crippen molar-refractivity contribution in [3.63, 3.8) is 0 Å². The lowest BCUT2D eigenvalue weighted by molar-refractivity contribution is 0.0605. The highest BCUT2D eigenvalue weighted by Gasteiger charge is 2.18. The second-order valence-corrected chi connectivity index (χ2v) is 5.55. The molecule has 0 amide bonds. The van der Waals surface area contributed by atoms with E-state index >= 15 is 0 Å². The molecule has 6 heteroatoms. The number of rotatable bonds is 5. The molecule has 1 aromatic heterocycles. The Hall–Kier alpha value is -2.08.